The number of halogens is 1. The third-order valence-electron chi connectivity index (χ3n) is 7.09. The van der Waals surface area contributed by atoms with Crippen molar-refractivity contribution in [1.29, 1.82) is 0 Å². The summed E-state index contributed by atoms with van der Waals surface area (Å²) in [6.07, 6.45) is 0. The fourth-order valence-electron chi connectivity index (χ4n) is 4.37. The molecule has 1 saturated heterocycles. The normalized spacial score (nSPS) is 16.0. The van der Waals surface area contributed by atoms with Crippen LogP contribution in [0.3, 0.4) is 0 Å². The van der Waals surface area contributed by atoms with Crippen LogP contribution in [0.25, 0.3) is 21.5 Å². The highest BCUT2D eigenvalue weighted by Crippen LogP contribution is 2.37. The molecule has 1 heterocycles. The van der Waals surface area contributed by atoms with Gasteiger partial charge in [-0.05, 0) is 80.7 Å². The van der Waals surface area contributed by atoms with E-state index in [0.29, 0.717) is 0 Å². The van der Waals surface area contributed by atoms with Crippen LogP contribution in [-0.4, -0.2) is 29.9 Å². The lowest BCUT2D eigenvalue weighted by molar-refractivity contribution is 0.00578. The summed E-state index contributed by atoms with van der Waals surface area (Å²) in [5.74, 6) is 0.172. The van der Waals surface area contributed by atoms with Crippen molar-refractivity contribution in [2.45, 2.75) is 52.7 Å². The van der Waals surface area contributed by atoms with Gasteiger partial charge < -0.3 is 9.31 Å². The molecular formula is C30H30BBrO4. The van der Waals surface area contributed by atoms with E-state index in [1.807, 2.05) is 100 Å². The second-order valence-corrected chi connectivity index (χ2v) is 10.9. The molecular weight excluding hydrogens is 515 g/mol. The van der Waals surface area contributed by atoms with Gasteiger partial charge in [0.1, 0.15) is 0 Å². The van der Waals surface area contributed by atoms with Crippen LogP contribution in [0.1, 0.15) is 62.3 Å². The Balaban J connectivity index is 0.000000187. The predicted octanol–water partition coefficient (Wildman–Crippen LogP) is 7.15. The maximum absolute atomic E-state index is 11.8. The van der Waals surface area contributed by atoms with E-state index in [0.717, 1.165) is 42.6 Å². The van der Waals surface area contributed by atoms with Gasteiger partial charge in [-0.15, -0.1) is 0 Å². The van der Waals surface area contributed by atoms with Crippen molar-refractivity contribution >= 4 is 61.6 Å². The molecule has 0 amide bonds. The lowest BCUT2D eigenvalue weighted by atomic mass is 9.75. The Morgan fingerprint density at radius 3 is 1.56 bits per heavy atom. The highest BCUT2D eigenvalue weighted by atomic mass is 79.9. The Labute approximate surface area is 221 Å². The van der Waals surface area contributed by atoms with Crippen molar-refractivity contribution in [2.75, 3.05) is 0 Å². The van der Waals surface area contributed by atoms with E-state index in [1.54, 1.807) is 13.8 Å². The number of hydrogen-bond acceptors (Lipinski definition) is 4. The number of benzene rings is 4. The molecule has 1 fully saturated rings. The van der Waals surface area contributed by atoms with Crippen LogP contribution >= 0.6 is 15.9 Å². The third-order valence-corrected chi connectivity index (χ3v) is 7.79. The summed E-state index contributed by atoms with van der Waals surface area (Å²) in [4.78, 5) is 23.2. The Bertz CT molecular complexity index is 1460. The quantitative estimate of drug-likeness (QED) is 0.203. The topological polar surface area (TPSA) is 52.6 Å². The van der Waals surface area contributed by atoms with Gasteiger partial charge in [0.15, 0.2) is 11.6 Å². The first-order valence-electron chi connectivity index (χ1n) is 12.0. The lowest BCUT2D eigenvalue weighted by Gasteiger charge is -2.32. The first kappa shape index (κ1) is 26.3. The molecule has 0 unspecified atom stereocenters. The SMILES string of the molecule is CC(=O)c1ccc(B2OC(C)(C)C(C)(C)O2)c2ccccc12.CC(=O)c1ccc(Br)c2ccccc12. The van der Waals surface area contributed by atoms with Gasteiger partial charge in [-0.25, -0.2) is 0 Å². The maximum atomic E-state index is 11.8. The maximum Gasteiger partial charge on any atom is 0.495 e. The highest BCUT2D eigenvalue weighted by molar-refractivity contribution is 9.10. The molecule has 0 saturated carbocycles. The molecule has 36 heavy (non-hydrogen) atoms. The largest absolute Gasteiger partial charge is 0.495 e. The summed E-state index contributed by atoms with van der Waals surface area (Å²) in [5, 5.41) is 4.05. The Morgan fingerprint density at radius 1 is 0.639 bits per heavy atom. The average molecular weight is 545 g/mol. The zero-order chi connectivity index (χ0) is 26.3. The molecule has 4 nitrogen and oxygen atoms in total. The summed E-state index contributed by atoms with van der Waals surface area (Å²) < 4.78 is 13.3. The van der Waals surface area contributed by atoms with E-state index in [1.165, 1.54) is 0 Å². The monoisotopic (exact) mass is 544 g/mol. The molecule has 0 bridgehead atoms. The fraction of sp³-hybridized carbons (Fsp3) is 0.267. The smallest absolute Gasteiger partial charge is 0.399 e. The number of Topliss-reactive ketones (excluding diaryl/α,β-unsaturated/α-hetero) is 2. The molecule has 0 atom stereocenters. The molecule has 4 aromatic carbocycles. The van der Waals surface area contributed by atoms with Gasteiger partial charge >= 0.3 is 7.12 Å². The van der Waals surface area contributed by atoms with Crippen LogP contribution in [0, 0.1) is 0 Å². The molecule has 1 aliphatic heterocycles. The summed E-state index contributed by atoms with van der Waals surface area (Å²) in [6.45, 7) is 11.3. The fourth-order valence-corrected chi connectivity index (χ4v) is 4.85. The second-order valence-electron chi connectivity index (χ2n) is 10.1. The standard InChI is InChI=1S/C18H21BO3.C12H9BrO/c1-12(20)13-10-11-16(15-9-7-6-8-14(13)15)19-21-17(2,3)18(4,5)22-19;1-8(14)9-6-7-12(13)11-5-3-2-4-10(9)11/h6-11H,1-5H3;2-7H,1H3. The van der Waals surface area contributed by atoms with Crippen molar-refractivity contribution in [3.05, 3.63) is 88.4 Å². The van der Waals surface area contributed by atoms with Crippen LogP contribution in [-0.2, 0) is 9.31 Å². The molecule has 1 aliphatic rings. The minimum atomic E-state index is -0.420. The van der Waals surface area contributed by atoms with Crippen molar-refractivity contribution in [3.63, 3.8) is 0 Å². The Morgan fingerprint density at radius 2 is 1.06 bits per heavy atom. The number of carbonyl (C=O) groups is 2. The zero-order valence-corrected chi connectivity index (χ0v) is 23.1. The summed E-state index contributed by atoms with van der Waals surface area (Å²) >= 11 is 3.47. The number of rotatable bonds is 3. The van der Waals surface area contributed by atoms with Crippen LogP contribution in [0.2, 0.25) is 0 Å². The van der Waals surface area contributed by atoms with Gasteiger partial charge in [-0.3, -0.25) is 9.59 Å². The van der Waals surface area contributed by atoms with Crippen molar-refractivity contribution in [3.8, 4) is 0 Å². The minimum absolute atomic E-state index is 0.0664. The van der Waals surface area contributed by atoms with E-state index in [2.05, 4.69) is 15.9 Å². The Hall–Kier alpha value is -2.80. The Kier molecular flexibility index (Phi) is 7.24. The van der Waals surface area contributed by atoms with Gasteiger partial charge in [-0.2, -0.15) is 0 Å². The number of hydrogen-bond donors (Lipinski definition) is 0. The van der Waals surface area contributed by atoms with Crippen molar-refractivity contribution in [1.82, 2.24) is 0 Å². The number of fused-ring (bicyclic) bond motifs is 2. The van der Waals surface area contributed by atoms with Gasteiger partial charge in [0.2, 0.25) is 0 Å². The second kappa shape index (κ2) is 9.93. The van der Waals surface area contributed by atoms with Crippen LogP contribution in [0.5, 0.6) is 0 Å². The highest BCUT2D eigenvalue weighted by Gasteiger charge is 2.52. The molecule has 4 aromatic rings. The molecule has 5 rings (SSSR count). The molecule has 6 heteroatoms. The molecule has 0 radical (unpaired) electrons. The molecule has 0 aliphatic carbocycles. The average Bonchev–Trinajstić information content (AvgIpc) is 3.05. The predicted molar refractivity (Wildman–Crippen MR) is 151 cm³/mol. The van der Waals surface area contributed by atoms with Gasteiger partial charge in [0.25, 0.3) is 0 Å². The van der Waals surface area contributed by atoms with E-state index in [4.69, 9.17) is 9.31 Å². The van der Waals surface area contributed by atoms with E-state index < -0.39 is 7.12 Å². The summed E-state index contributed by atoms with van der Waals surface area (Å²) in [5.41, 5.74) is 1.73. The van der Waals surface area contributed by atoms with E-state index in [9.17, 15) is 9.59 Å². The van der Waals surface area contributed by atoms with Gasteiger partial charge in [0.05, 0.1) is 11.2 Å². The van der Waals surface area contributed by atoms with E-state index >= 15 is 0 Å². The van der Waals surface area contributed by atoms with Gasteiger partial charge in [0, 0.05) is 15.6 Å². The van der Waals surface area contributed by atoms with Crippen LogP contribution < -0.4 is 5.46 Å². The zero-order valence-electron chi connectivity index (χ0n) is 21.5. The molecule has 0 N–H and O–H groups in total. The summed E-state index contributed by atoms with van der Waals surface area (Å²) in [6, 6.07) is 23.4. The van der Waals surface area contributed by atoms with Crippen LogP contribution in [0.4, 0.5) is 0 Å². The molecule has 0 spiro atoms. The van der Waals surface area contributed by atoms with Crippen molar-refractivity contribution in [2.24, 2.45) is 0 Å². The summed E-state index contributed by atoms with van der Waals surface area (Å²) in [7, 11) is -0.420. The number of carbonyl (C=O) groups excluding carboxylic acids is 2. The minimum Gasteiger partial charge on any atom is -0.399 e. The van der Waals surface area contributed by atoms with Gasteiger partial charge in [-0.1, -0.05) is 76.6 Å². The third kappa shape index (κ3) is 4.90. The first-order chi connectivity index (χ1) is 16.9. The molecule has 0 aromatic heterocycles. The van der Waals surface area contributed by atoms with E-state index in [-0.39, 0.29) is 22.8 Å². The van der Waals surface area contributed by atoms with Crippen LogP contribution in [0.15, 0.2) is 77.3 Å². The first-order valence-corrected chi connectivity index (χ1v) is 12.8. The lowest BCUT2D eigenvalue weighted by Crippen LogP contribution is -2.41. The molecule has 184 valence electrons. The number of ketones is 2. The van der Waals surface area contributed by atoms with Crippen molar-refractivity contribution < 1.29 is 18.9 Å².